The zero-order chi connectivity index (χ0) is 15.2. The summed E-state index contributed by atoms with van der Waals surface area (Å²) in [5.74, 6) is 1.80. The molecule has 1 heterocycles. The second-order valence-electron chi connectivity index (χ2n) is 4.97. The Bertz CT molecular complexity index is 598. The van der Waals surface area contributed by atoms with Crippen molar-refractivity contribution in [3.8, 4) is 5.75 Å². The van der Waals surface area contributed by atoms with Crippen molar-refractivity contribution in [2.24, 2.45) is 0 Å². The minimum atomic E-state index is 0.842. The Morgan fingerprint density at radius 1 is 1.24 bits per heavy atom. The molecule has 0 aliphatic heterocycles. The molecule has 0 saturated heterocycles. The predicted octanol–water partition coefficient (Wildman–Crippen LogP) is 3.14. The summed E-state index contributed by atoms with van der Waals surface area (Å²) < 4.78 is 5.29. The van der Waals surface area contributed by atoms with Gasteiger partial charge < -0.3 is 15.0 Å². The highest BCUT2D eigenvalue weighted by Gasteiger charge is 2.09. The first-order chi connectivity index (χ1) is 10.2. The lowest BCUT2D eigenvalue weighted by Crippen LogP contribution is -2.14. The van der Waals surface area contributed by atoms with Gasteiger partial charge in [-0.3, -0.25) is 0 Å². The third-order valence-corrected chi connectivity index (χ3v) is 3.45. The molecule has 4 nitrogen and oxygen atoms in total. The van der Waals surface area contributed by atoms with E-state index < -0.39 is 0 Å². The Balaban J connectivity index is 2.36. The lowest BCUT2D eigenvalue weighted by atomic mass is 10.2. The Kier molecular flexibility index (Phi) is 5.17. The first kappa shape index (κ1) is 15.3. The highest BCUT2D eigenvalue weighted by Crippen LogP contribution is 2.26. The standard InChI is InChI=1S/C17H23N3O/c1-5-14-9-13(12-18-2)10-17(19-14)20(3)15-7-6-8-16(11-15)21-4/h6-11,18H,5,12H2,1-4H3. The summed E-state index contributed by atoms with van der Waals surface area (Å²) in [5, 5.41) is 3.19. The Morgan fingerprint density at radius 2 is 2.05 bits per heavy atom. The molecule has 1 N–H and O–H groups in total. The lowest BCUT2D eigenvalue weighted by molar-refractivity contribution is 0.415. The van der Waals surface area contributed by atoms with Gasteiger partial charge in [-0.1, -0.05) is 13.0 Å². The van der Waals surface area contributed by atoms with Crippen LogP contribution in [0.25, 0.3) is 0 Å². The summed E-state index contributed by atoms with van der Waals surface area (Å²) in [6.45, 7) is 2.97. The van der Waals surface area contributed by atoms with E-state index in [0.29, 0.717) is 0 Å². The van der Waals surface area contributed by atoms with E-state index in [1.807, 2.05) is 32.3 Å². The van der Waals surface area contributed by atoms with Gasteiger partial charge in [-0.2, -0.15) is 0 Å². The maximum Gasteiger partial charge on any atom is 0.133 e. The average molecular weight is 285 g/mol. The molecule has 0 bridgehead atoms. The normalized spacial score (nSPS) is 10.5. The van der Waals surface area contributed by atoms with Crippen LogP contribution < -0.4 is 15.0 Å². The minimum absolute atomic E-state index is 0.842. The van der Waals surface area contributed by atoms with Crippen molar-refractivity contribution in [1.29, 1.82) is 0 Å². The molecular formula is C17H23N3O. The molecule has 21 heavy (non-hydrogen) atoms. The van der Waals surface area contributed by atoms with Crippen molar-refractivity contribution < 1.29 is 4.74 Å². The van der Waals surface area contributed by atoms with Gasteiger partial charge in [-0.25, -0.2) is 4.98 Å². The van der Waals surface area contributed by atoms with Crippen molar-refractivity contribution in [2.45, 2.75) is 19.9 Å². The molecule has 0 saturated carbocycles. The quantitative estimate of drug-likeness (QED) is 0.885. The number of methoxy groups -OCH3 is 1. The van der Waals surface area contributed by atoms with Crippen LogP contribution in [0.2, 0.25) is 0 Å². The van der Waals surface area contributed by atoms with Crippen molar-refractivity contribution in [2.75, 3.05) is 26.1 Å². The van der Waals surface area contributed by atoms with Gasteiger partial charge in [-0.15, -0.1) is 0 Å². The summed E-state index contributed by atoms with van der Waals surface area (Å²) in [4.78, 5) is 6.81. The van der Waals surface area contributed by atoms with E-state index in [1.54, 1.807) is 7.11 Å². The number of nitrogens with one attached hydrogen (secondary N) is 1. The van der Waals surface area contributed by atoms with Crippen LogP contribution in [-0.2, 0) is 13.0 Å². The maximum absolute atomic E-state index is 5.29. The number of aromatic nitrogens is 1. The van der Waals surface area contributed by atoms with Gasteiger partial charge >= 0.3 is 0 Å². The number of hydrogen-bond donors (Lipinski definition) is 1. The summed E-state index contributed by atoms with van der Waals surface area (Å²) in [6.07, 6.45) is 0.927. The number of benzene rings is 1. The Hall–Kier alpha value is -2.07. The molecule has 0 radical (unpaired) electrons. The minimum Gasteiger partial charge on any atom is -0.497 e. The number of anilines is 2. The first-order valence-electron chi connectivity index (χ1n) is 7.20. The van der Waals surface area contributed by atoms with Gasteiger partial charge in [0.25, 0.3) is 0 Å². The van der Waals surface area contributed by atoms with Crippen LogP contribution in [0, 0.1) is 0 Å². The van der Waals surface area contributed by atoms with E-state index in [9.17, 15) is 0 Å². The molecule has 4 heteroatoms. The van der Waals surface area contributed by atoms with Crippen LogP contribution in [0.4, 0.5) is 11.5 Å². The summed E-state index contributed by atoms with van der Waals surface area (Å²) in [6, 6.07) is 12.3. The summed E-state index contributed by atoms with van der Waals surface area (Å²) >= 11 is 0. The van der Waals surface area contributed by atoms with Gasteiger partial charge in [-0.05, 0) is 43.3 Å². The molecule has 0 unspecified atom stereocenters. The van der Waals surface area contributed by atoms with E-state index in [0.717, 1.165) is 35.9 Å². The van der Waals surface area contributed by atoms with Crippen LogP contribution in [0.1, 0.15) is 18.2 Å². The number of aryl methyl sites for hydroxylation is 1. The van der Waals surface area contributed by atoms with E-state index in [-0.39, 0.29) is 0 Å². The van der Waals surface area contributed by atoms with E-state index in [1.165, 1.54) is 5.56 Å². The molecule has 0 spiro atoms. The number of ether oxygens (including phenoxy) is 1. The van der Waals surface area contributed by atoms with Gasteiger partial charge in [0.15, 0.2) is 0 Å². The van der Waals surface area contributed by atoms with Gasteiger partial charge in [0, 0.05) is 31.0 Å². The summed E-state index contributed by atoms with van der Waals surface area (Å²) in [5.41, 5.74) is 3.41. The molecule has 1 aromatic heterocycles. The van der Waals surface area contributed by atoms with E-state index >= 15 is 0 Å². The zero-order valence-corrected chi connectivity index (χ0v) is 13.2. The SMILES string of the molecule is CCc1cc(CNC)cc(N(C)c2cccc(OC)c2)n1. The monoisotopic (exact) mass is 285 g/mol. The van der Waals surface area contributed by atoms with E-state index in [2.05, 4.69) is 35.3 Å². The molecule has 0 fully saturated rings. The topological polar surface area (TPSA) is 37.4 Å². The highest BCUT2D eigenvalue weighted by atomic mass is 16.5. The fourth-order valence-electron chi connectivity index (χ4n) is 2.24. The van der Waals surface area contributed by atoms with E-state index in [4.69, 9.17) is 9.72 Å². The van der Waals surface area contributed by atoms with Crippen LogP contribution in [0.3, 0.4) is 0 Å². The largest absolute Gasteiger partial charge is 0.497 e. The van der Waals surface area contributed by atoms with Gasteiger partial charge in [0.05, 0.1) is 7.11 Å². The molecule has 2 rings (SSSR count). The molecule has 0 aliphatic carbocycles. The lowest BCUT2D eigenvalue weighted by Gasteiger charge is -2.20. The zero-order valence-electron chi connectivity index (χ0n) is 13.2. The fourth-order valence-corrected chi connectivity index (χ4v) is 2.24. The van der Waals surface area contributed by atoms with Gasteiger partial charge in [0.2, 0.25) is 0 Å². The second kappa shape index (κ2) is 7.09. The molecule has 2 aromatic rings. The molecular weight excluding hydrogens is 262 g/mol. The third kappa shape index (κ3) is 3.73. The molecule has 0 atom stereocenters. The van der Waals surface area contributed by atoms with Crippen molar-refractivity contribution >= 4 is 11.5 Å². The van der Waals surface area contributed by atoms with Crippen molar-refractivity contribution in [3.63, 3.8) is 0 Å². The van der Waals surface area contributed by atoms with Crippen LogP contribution in [-0.4, -0.2) is 26.2 Å². The second-order valence-corrected chi connectivity index (χ2v) is 4.97. The smallest absolute Gasteiger partial charge is 0.133 e. The molecule has 1 aromatic carbocycles. The Labute approximate surface area is 126 Å². The number of rotatable bonds is 6. The molecule has 112 valence electrons. The van der Waals surface area contributed by atoms with Crippen LogP contribution in [0.5, 0.6) is 5.75 Å². The number of pyridine rings is 1. The van der Waals surface area contributed by atoms with Crippen molar-refractivity contribution in [1.82, 2.24) is 10.3 Å². The highest BCUT2D eigenvalue weighted by molar-refractivity contribution is 5.61. The molecule has 0 aliphatic rings. The maximum atomic E-state index is 5.29. The number of hydrogen-bond acceptors (Lipinski definition) is 4. The average Bonchev–Trinajstić information content (AvgIpc) is 2.54. The van der Waals surface area contributed by atoms with Crippen LogP contribution >= 0.6 is 0 Å². The predicted molar refractivity (Wildman–Crippen MR) is 87.4 cm³/mol. The first-order valence-corrected chi connectivity index (χ1v) is 7.20. The fraction of sp³-hybridized carbons (Fsp3) is 0.353. The Morgan fingerprint density at radius 3 is 2.71 bits per heavy atom. The van der Waals surface area contributed by atoms with Crippen molar-refractivity contribution in [3.05, 3.63) is 47.7 Å². The van der Waals surface area contributed by atoms with Gasteiger partial charge in [0.1, 0.15) is 11.6 Å². The molecule has 0 amide bonds. The third-order valence-electron chi connectivity index (χ3n) is 3.45. The summed E-state index contributed by atoms with van der Waals surface area (Å²) in [7, 11) is 5.66. The number of nitrogens with zero attached hydrogens (tertiary/aromatic N) is 2. The van der Waals surface area contributed by atoms with Crippen LogP contribution in [0.15, 0.2) is 36.4 Å².